The number of carbonyl (C=O) groups is 1. The van der Waals surface area contributed by atoms with Gasteiger partial charge in [0.25, 0.3) is 5.91 Å². The molecule has 1 saturated heterocycles. The van der Waals surface area contributed by atoms with E-state index in [0.717, 1.165) is 11.0 Å². The summed E-state index contributed by atoms with van der Waals surface area (Å²) in [7, 11) is 0. The first-order chi connectivity index (χ1) is 15.3. The van der Waals surface area contributed by atoms with E-state index < -0.39 is 5.82 Å². The first-order valence-corrected chi connectivity index (χ1v) is 11.0. The number of hydrogen-bond acceptors (Lipinski definition) is 5. The molecule has 8 heteroatoms. The molecule has 0 bridgehead atoms. The van der Waals surface area contributed by atoms with Gasteiger partial charge in [0.1, 0.15) is 5.65 Å². The summed E-state index contributed by atoms with van der Waals surface area (Å²) in [4.78, 5) is 24.5. The maximum absolute atomic E-state index is 15.3. The Hall–Kier alpha value is -3.26. The Labute approximate surface area is 185 Å². The highest BCUT2D eigenvalue weighted by molar-refractivity contribution is 6.05. The number of piperazine rings is 1. The highest BCUT2D eigenvalue weighted by Crippen LogP contribution is 2.29. The van der Waals surface area contributed by atoms with Crippen molar-refractivity contribution in [3.8, 4) is 0 Å². The van der Waals surface area contributed by atoms with E-state index in [0.29, 0.717) is 41.2 Å². The predicted octanol–water partition coefficient (Wildman–Crippen LogP) is 3.50. The average Bonchev–Trinajstić information content (AvgIpc) is 3.11. The number of benzene rings is 1. The van der Waals surface area contributed by atoms with Gasteiger partial charge in [0.05, 0.1) is 16.6 Å². The van der Waals surface area contributed by atoms with Crippen LogP contribution in [0.25, 0.3) is 27.7 Å². The van der Waals surface area contributed by atoms with Gasteiger partial charge >= 0.3 is 0 Å². The summed E-state index contributed by atoms with van der Waals surface area (Å²) < 4.78 is 17.2. The van der Waals surface area contributed by atoms with E-state index in [4.69, 9.17) is 9.97 Å². The molecule has 32 heavy (non-hydrogen) atoms. The van der Waals surface area contributed by atoms with Crippen LogP contribution >= 0.6 is 0 Å². The van der Waals surface area contributed by atoms with Crippen molar-refractivity contribution in [3.05, 3.63) is 47.8 Å². The number of fused-ring (bicyclic) bond motifs is 5. The molecule has 2 atom stereocenters. The number of amides is 1. The number of para-hydroxylation sites is 2. The van der Waals surface area contributed by atoms with Gasteiger partial charge in [0, 0.05) is 36.6 Å². The molecule has 0 saturated carbocycles. The van der Waals surface area contributed by atoms with Gasteiger partial charge in [0.2, 0.25) is 0 Å². The number of anilines is 1. The Kier molecular flexibility index (Phi) is 4.97. The standard InChI is InChI=1S/C24H27FN6O/c1-13(2)26-24(32)17-9-16-10-18(25)23(30-11-14(3)27-15(4)12-30)29-21(16)31-20-8-6-5-7-19(20)28-22(17)31/h5-10,13-15,27H,11-12H2,1-4H3,(H,26,32). The summed E-state index contributed by atoms with van der Waals surface area (Å²) in [5, 5.41) is 6.96. The second-order valence-electron chi connectivity index (χ2n) is 9.03. The Bertz CT molecular complexity index is 1340. The van der Waals surface area contributed by atoms with Gasteiger partial charge in [-0.1, -0.05) is 12.1 Å². The van der Waals surface area contributed by atoms with Gasteiger partial charge in [-0.3, -0.25) is 9.20 Å². The molecule has 2 N–H and O–H groups in total. The molecule has 1 aromatic carbocycles. The molecule has 3 aromatic heterocycles. The molecule has 1 fully saturated rings. The summed E-state index contributed by atoms with van der Waals surface area (Å²) >= 11 is 0. The molecule has 4 heterocycles. The van der Waals surface area contributed by atoms with E-state index in [1.807, 2.05) is 47.4 Å². The van der Waals surface area contributed by atoms with E-state index in [1.165, 1.54) is 6.07 Å². The lowest BCUT2D eigenvalue weighted by atomic mass is 10.1. The molecule has 0 aliphatic carbocycles. The highest BCUT2D eigenvalue weighted by atomic mass is 19.1. The topological polar surface area (TPSA) is 74.6 Å². The maximum Gasteiger partial charge on any atom is 0.255 e. The number of hydrogen-bond donors (Lipinski definition) is 2. The van der Waals surface area contributed by atoms with Crippen molar-refractivity contribution in [2.45, 2.75) is 45.8 Å². The van der Waals surface area contributed by atoms with Crippen LogP contribution in [-0.2, 0) is 0 Å². The number of nitrogens with one attached hydrogen (secondary N) is 2. The second kappa shape index (κ2) is 7.70. The molecule has 2 unspecified atom stereocenters. The summed E-state index contributed by atoms with van der Waals surface area (Å²) in [5.74, 6) is -0.301. The van der Waals surface area contributed by atoms with Crippen molar-refractivity contribution in [3.63, 3.8) is 0 Å². The maximum atomic E-state index is 15.3. The minimum absolute atomic E-state index is 0.0310. The van der Waals surface area contributed by atoms with Crippen molar-refractivity contribution in [1.82, 2.24) is 25.0 Å². The first-order valence-electron chi connectivity index (χ1n) is 11.0. The van der Waals surface area contributed by atoms with E-state index in [9.17, 15) is 4.79 Å². The Balaban J connectivity index is 1.79. The lowest BCUT2D eigenvalue weighted by Gasteiger charge is -2.37. The number of rotatable bonds is 3. The fourth-order valence-electron chi connectivity index (χ4n) is 4.64. The molecule has 166 valence electrons. The zero-order valence-corrected chi connectivity index (χ0v) is 18.7. The normalized spacial score (nSPS) is 19.4. The quantitative estimate of drug-likeness (QED) is 0.516. The van der Waals surface area contributed by atoms with Crippen molar-refractivity contribution < 1.29 is 9.18 Å². The smallest absolute Gasteiger partial charge is 0.255 e. The number of halogens is 1. The van der Waals surface area contributed by atoms with E-state index in [1.54, 1.807) is 6.07 Å². The first kappa shape index (κ1) is 20.6. The van der Waals surface area contributed by atoms with Crippen LogP contribution in [0.15, 0.2) is 36.4 Å². The number of pyridine rings is 2. The van der Waals surface area contributed by atoms with Crippen LogP contribution in [0, 0.1) is 5.82 Å². The van der Waals surface area contributed by atoms with Gasteiger partial charge in [-0.15, -0.1) is 0 Å². The molecule has 0 radical (unpaired) electrons. The summed E-state index contributed by atoms with van der Waals surface area (Å²) in [6.45, 7) is 9.32. The molecule has 0 spiro atoms. The summed E-state index contributed by atoms with van der Waals surface area (Å²) in [6.07, 6.45) is 0. The van der Waals surface area contributed by atoms with Crippen LogP contribution in [0.5, 0.6) is 0 Å². The largest absolute Gasteiger partial charge is 0.351 e. The van der Waals surface area contributed by atoms with Crippen LogP contribution in [-0.4, -0.2) is 51.5 Å². The van der Waals surface area contributed by atoms with Gasteiger partial charge in [-0.05, 0) is 52.0 Å². The van der Waals surface area contributed by atoms with Crippen molar-refractivity contribution in [2.24, 2.45) is 0 Å². The van der Waals surface area contributed by atoms with Gasteiger partial charge in [-0.25, -0.2) is 14.4 Å². The van der Waals surface area contributed by atoms with Gasteiger partial charge < -0.3 is 15.5 Å². The third kappa shape index (κ3) is 3.44. The third-order valence-corrected chi connectivity index (χ3v) is 5.80. The number of aromatic nitrogens is 3. The predicted molar refractivity (Wildman–Crippen MR) is 125 cm³/mol. The fraction of sp³-hybridized carbons (Fsp3) is 0.375. The lowest BCUT2D eigenvalue weighted by Crippen LogP contribution is -2.54. The Morgan fingerprint density at radius 2 is 1.84 bits per heavy atom. The monoisotopic (exact) mass is 434 g/mol. The fourth-order valence-corrected chi connectivity index (χ4v) is 4.64. The van der Waals surface area contributed by atoms with Crippen molar-refractivity contribution in [2.75, 3.05) is 18.0 Å². The van der Waals surface area contributed by atoms with Gasteiger partial charge in [0.15, 0.2) is 17.3 Å². The minimum Gasteiger partial charge on any atom is -0.351 e. The molecule has 4 aromatic rings. The molecule has 1 aliphatic heterocycles. The van der Waals surface area contributed by atoms with Crippen LogP contribution in [0.2, 0.25) is 0 Å². The third-order valence-electron chi connectivity index (χ3n) is 5.80. The van der Waals surface area contributed by atoms with E-state index >= 15 is 4.39 Å². The van der Waals surface area contributed by atoms with Gasteiger partial charge in [-0.2, -0.15) is 0 Å². The van der Waals surface area contributed by atoms with E-state index in [2.05, 4.69) is 24.5 Å². The SMILES string of the molecule is CC(C)NC(=O)c1cc2cc(F)c(N3CC(C)NC(C)C3)nc2n2c1nc1ccccc12. The summed E-state index contributed by atoms with van der Waals surface area (Å²) in [6, 6.07) is 11.3. The molecule has 7 nitrogen and oxygen atoms in total. The minimum atomic E-state index is -0.391. The zero-order valence-electron chi connectivity index (χ0n) is 18.7. The molecule has 5 rings (SSSR count). The molecular formula is C24H27FN6O. The number of nitrogens with zero attached hydrogens (tertiary/aromatic N) is 4. The average molecular weight is 435 g/mol. The molecule has 1 amide bonds. The van der Waals surface area contributed by atoms with E-state index in [-0.39, 0.29) is 24.0 Å². The zero-order chi connectivity index (χ0) is 22.6. The van der Waals surface area contributed by atoms with Crippen LogP contribution in [0.4, 0.5) is 10.2 Å². The highest BCUT2D eigenvalue weighted by Gasteiger charge is 2.26. The van der Waals surface area contributed by atoms with Crippen LogP contribution < -0.4 is 15.5 Å². The molecule has 1 aliphatic rings. The van der Waals surface area contributed by atoms with Crippen molar-refractivity contribution in [1.29, 1.82) is 0 Å². The number of carbonyl (C=O) groups excluding carboxylic acids is 1. The summed E-state index contributed by atoms with van der Waals surface area (Å²) in [5.41, 5.74) is 3.10. The van der Waals surface area contributed by atoms with Crippen LogP contribution in [0.1, 0.15) is 38.1 Å². The second-order valence-corrected chi connectivity index (χ2v) is 9.03. The lowest BCUT2D eigenvalue weighted by molar-refractivity contribution is 0.0944. The number of imidazole rings is 1. The van der Waals surface area contributed by atoms with Crippen molar-refractivity contribution >= 4 is 39.4 Å². The molecular weight excluding hydrogens is 407 g/mol. The Morgan fingerprint density at radius 3 is 2.56 bits per heavy atom. The van der Waals surface area contributed by atoms with Crippen LogP contribution in [0.3, 0.4) is 0 Å². The Morgan fingerprint density at radius 1 is 1.12 bits per heavy atom.